The third-order valence-electron chi connectivity index (χ3n) is 4.62. The summed E-state index contributed by atoms with van der Waals surface area (Å²) in [5, 5.41) is 22.6. The molecule has 0 amide bonds. The van der Waals surface area contributed by atoms with Gasteiger partial charge in [0.2, 0.25) is 0 Å². The highest BCUT2D eigenvalue weighted by Gasteiger charge is 2.35. The van der Waals surface area contributed by atoms with Crippen LogP contribution in [0.1, 0.15) is 23.1 Å². The minimum atomic E-state index is -0.752. The Labute approximate surface area is 129 Å². The molecule has 1 aliphatic carbocycles. The molecule has 1 atom stereocenters. The highest BCUT2D eigenvalue weighted by Crippen LogP contribution is 2.36. The molecule has 4 heteroatoms. The number of hydrogen-bond acceptors (Lipinski definition) is 3. The van der Waals surface area contributed by atoms with Gasteiger partial charge in [-0.2, -0.15) is 5.10 Å². The lowest BCUT2D eigenvalue weighted by atomic mass is 9.96. The SMILES string of the molecule is OC1(CNCc2cccc3cn[nH]c23)CCc2ccccc21. The first kappa shape index (κ1) is 13.5. The summed E-state index contributed by atoms with van der Waals surface area (Å²) in [7, 11) is 0. The predicted octanol–water partition coefficient (Wildman–Crippen LogP) is 2.49. The molecule has 112 valence electrons. The Morgan fingerprint density at radius 2 is 2.09 bits per heavy atom. The molecule has 1 unspecified atom stereocenters. The summed E-state index contributed by atoms with van der Waals surface area (Å²) in [6.07, 6.45) is 3.57. The van der Waals surface area contributed by atoms with Crippen molar-refractivity contribution < 1.29 is 5.11 Å². The van der Waals surface area contributed by atoms with Crippen molar-refractivity contribution in [2.45, 2.75) is 25.0 Å². The van der Waals surface area contributed by atoms with Crippen molar-refractivity contribution >= 4 is 10.9 Å². The fourth-order valence-corrected chi connectivity index (χ4v) is 3.43. The van der Waals surface area contributed by atoms with E-state index in [1.165, 1.54) is 11.1 Å². The summed E-state index contributed by atoms with van der Waals surface area (Å²) in [5.41, 5.74) is 3.82. The molecule has 0 saturated heterocycles. The zero-order valence-electron chi connectivity index (χ0n) is 12.3. The monoisotopic (exact) mass is 293 g/mol. The van der Waals surface area contributed by atoms with Crippen molar-refractivity contribution in [3.63, 3.8) is 0 Å². The lowest BCUT2D eigenvalue weighted by molar-refractivity contribution is 0.0385. The van der Waals surface area contributed by atoms with E-state index in [0.717, 1.165) is 29.3 Å². The summed E-state index contributed by atoms with van der Waals surface area (Å²) < 4.78 is 0. The number of nitrogens with zero attached hydrogens (tertiary/aromatic N) is 1. The third-order valence-corrected chi connectivity index (χ3v) is 4.62. The number of nitrogens with one attached hydrogen (secondary N) is 2. The van der Waals surface area contributed by atoms with Gasteiger partial charge >= 0.3 is 0 Å². The van der Waals surface area contributed by atoms with Crippen LogP contribution in [0, 0.1) is 0 Å². The molecule has 1 heterocycles. The fraction of sp³-hybridized carbons (Fsp3) is 0.278. The second kappa shape index (κ2) is 5.23. The van der Waals surface area contributed by atoms with Crippen LogP contribution in [-0.2, 0) is 18.6 Å². The molecule has 3 aromatic rings. The molecule has 22 heavy (non-hydrogen) atoms. The second-order valence-corrected chi connectivity index (χ2v) is 6.04. The number of aryl methyl sites for hydroxylation is 1. The number of aromatic nitrogens is 2. The number of benzene rings is 2. The fourth-order valence-electron chi connectivity index (χ4n) is 3.43. The van der Waals surface area contributed by atoms with Crippen LogP contribution in [0.15, 0.2) is 48.7 Å². The molecule has 1 aliphatic rings. The number of rotatable bonds is 4. The lowest BCUT2D eigenvalue weighted by Crippen LogP contribution is -2.36. The van der Waals surface area contributed by atoms with Gasteiger partial charge in [0.05, 0.1) is 11.7 Å². The largest absolute Gasteiger partial charge is 0.384 e. The lowest BCUT2D eigenvalue weighted by Gasteiger charge is -2.24. The van der Waals surface area contributed by atoms with Crippen LogP contribution >= 0.6 is 0 Å². The summed E-state index contributed by atoms with van der Waals surface area (Å²) in [4.78, 5) is 0. The molecule has 0 aliphatic heterocycles. The number of aliphatic hydroxyl groups is 1. The Morgan fingerprint density at radius 3 is 3.05 bits per heavy atom. The van der Waals surface area contributed by atoms with Gasteiger partial charge in [-0.1, -0.05) is 42.5 Å². The molecular weight excluding hydrogens is 274 g/mol. The molecule has 3 N–H and O–H groups in total. The van der Waals surface area contributed by atoms with Gasteiger partial charge < -0.3 is 10.4 Å². The van der Waals surface area contributed by atoms with Gasteiger partial charge in [0.1, 0.15) is 5.60 Å². The van der Waals surface area contributed by atoms with Gasteiger partial charge in [-0.25, -0.2) is 0 Å². The van der Waals surface area contributed by atoms with Gasteiger partial charge in [0, 0.05) is 18.5 Å². The smallest absolute Gasteiger partial charge is 0.103 e. The topological polar surface area (TPSA) is 60.9 Å². The normalized spacial score (nSPS) is 20.4. The first-order chi connectivity index (χ1) is 10.8. The van der Waals surface area contributed by atoms with Gasteiger partial charge in [0.15, 0.2) is 0 Å². The molecule has 0 fully saturated rings. The minimum Gasteiger partial charge on any atom is -0.384 e. The number of fused-ring (bicyclic) bond motifs is 2. The van der Waals surface area contributed by atoms with Gasteiger partial charge in [-0.3, -0.25) is 5.10 Å². The zero-order chi connectivity index (χ0) is 15.0. The second-order valence-electron chi connectivity index (χ2n) is 6.04. The minimum absolute atomic E-state index is 0.564. The number of para-hydroxylation sites is 1. The van der Waals surface area contributed by atoms with Crippen molar-refractivity contribution in [2.75, 3.05) is 6.54 Å². The van der Waals surface area contributed by atoms with E-state index in [9.17, 15) is 5.11 Å². The highest BCUT2D eigenvalue weighted by atomic mass is 16.3. The number of H-pyrrole nitrogens is 1. The van der Waals surface area contributed by atoms with Crippen molar-refractivity contribution in [1.29, 1.82) is 0 Å². The maximum atomic E-state index is 10.9. The molecule has 4 rings (SSSR count). The van der Waals surface area contributed by atoms with E-state index in [2.05, 4.69) is 27.6 Å². The first-order valence-electron chi connectivity index (χ1n) is 7.69. The van der Waals surface area contributed by atoms with E-state index < -0.39 is 5.60 Å². The van der Waals surface area contributed by atoms with Crippen LogP contribution in [-0.4, -0.2) is 21.8 Å². The molecule has 0 bridgehead atoms. The Morgan fingerprint density at radius 1 is 1.18 bits per heavy atom. The van der Waals surface area contributed by atoms with Crippen LogP contribution in [0.25, 0.3) is 10.9 Å². The van der Waals surface area contributed by atoms with Crippen LogP contribution in [0.3, 0.4) is 0 Å². The van der Waals surface area contributed by atoms with Crippen LogP contribution in [0.5, 0.6) is 0 Å². The average molecular weight is 293 g/mol. The summed E-state index contributed by atoms with van der Waals surface area (Å²) in [5.74, 6) is 0. The predicted molar refractivity (Wildman–Crippen MR) is 86.5 cm³/mol. The Balaban J connectivity index is 1.49. The maximum absolute atomic E-state index is 10.9. The van der Waals surface area contributed by atoms with Gasteiger partial charge in [-0.05, 0) is 29.5 Å². The van der Waals surface area contributed by atoms with Gasteiger partial charge in [-0.15, -0.1) is 0 Å². The average Bonchev–Trinajstić information content (AvgIpc) is 3.14. The summed E-state index contributed by atoms with van der Waals surface area (Å²) in [6.45, 7) is 1.28. The first-order valence-corrected chi connectivity index (χ1v) is 7.69. The van der Waals surface area contributed by atoms with E-state index in [1.807, 2.05) is 36.5 Å². The van der Waals surface area contributed by atoms with Crippen molar-refractivity contribution in [3.05, 3.63) is 65.4 Å². The van der Waals surface area contributed by atoms with Crippen LogP contribution in [0.4, 0.5) is 0 Å². The van der Waals surface area contributed by atoms with Crippen LogP contribution < -0.4 is 5.32 Å². The molecule has 0 saturated carbocycles. The van der Waals surface area contributed by atoms with E-state index in [4.69, 9.17) is 0 Å². The van der Waals surface area contributed by atoms with E-state index in [1.54, 1.807) is 0 Å². The molecular formula is C18H19N3O. The number of aromatic amines is 1. The molecule has 4 nitrogen and oxygen atoms in total. The molecule has 0 radical (unpaired) electrons. The van der Waals surface area contributed by atoms with Gasteiger partial charge in [0.25, 0.3) is 0 Å². The van der Waals surface area contributed by atoms with Crippen molar-refractivity contribution in [1.82, 2.24) is 15.5 Å². The van der Waals surface area contributed by atoms with Crippen LogP contribution in [0.2, 0.25) is 0 Å². The molecule has 1 aromatic heterocycles. The molecule has 0 spiro atoms. The van der Waals surface area contributed by atoms with E-state index >= 15 is 0 Å². The van der Waals surface area contributed by atoms with E-state index in [-0.39, 0.29) is 0 Å². The standard InChI is InChI=1S/C18H19N3O/c22-18(9-8-13-4-1-2-7-16(13)18)12-19-10-14-5-3-6-15-11-20-21-17(14)15/h1-7,11,19,22H,8-10,12H2,(H,20,21). The summed E-state index contributed by atoms with van der Waals surface area (Å²) in [6, 6.07) is 14.4. The quantitative estimate of drug-likeness (QED) is 0.692. The number of hydrogen-bond donors (Lipinski definition) is 3. The van der Waals surface area contributed by atoms with E-state index in [0.29, 0.717) is 13.1 Å². The zero-order valence-corrected chi connectivity index (χ0v) is 12.3. The van der Waals surface area contributed by atoms with Crippen molar-refractivity contribution in [3.8, 4) is 0 Å². The Bertz CT molecular complexity index is 811. The third kappa shape index (κ3) is 2.21. The maximum Gasteiger partial charge on any atom is 0.103 e. The highest BCUT2D eigenvalue weighted by molar-refractivity contribution is 5.81. The van der Waals surface area contributed by atoms with Crippen molar-refractivity contribution in [2.24, 2.45) is 0 Å². The Hall–Kier alpha value is -2.17. The summed E-state index contributed by atoms with van der Waals surface area (Å²) >= 11 is 0. The Kier molecular flexibility index (Phi) is 3.21. The molecule has 2 aromatic carbocycles.